The molecule has 0 unspecified atom stereocenters. The highest BCUT2D eigenvalue weighted by Gasteiger charge is 2.17. The molecule has 1 heteroatoms. The minimum absolute atomic E-state index is 0.219. The van der Waals surface area contributed by atoms with Crippen LogP contribution in [0.4, 0.5) is 0 Å². The summed E-state index contributed by atoms with van der Waals surface area (Å²) in [6.45, 7) is 12.0. The lowest BCUT2D eigenvalue weighted by Gasteiger charge is -2.17. The van der Waals surface area contributed by atoms with Crippen molar-refractivity contribution in [2.75, 3.05) is 0 Å². The van der Waals surface area contributed by atoms with Crippen molar-refractivity contribution >= 4 is 5.78 Å². The highest BCUT2D eigenvalue weighted by Crippen LogP contribution is 2.25. The molecule has 0 radical (unpaired) electrons. The first kappa shape index (κ1) is 12.2. The summed E-state index contributed by atoms with van der Waals surface area (Å²) in [6.07, 6.45) is 3.68. The van der Waals surface area contributed by atoms with Gasteiger partial charge in [0, 0.05) is 12.0 Å². The second-order valence-electron chi connectivity index (χ2n) is 3.25. The Labute approximate surface area is 81.5 Å². The molecule has 13 heavy (non-hydrogen) atoms. The molecule has 74 valence electrons. The van der Waals surface area contributed by atoms with Gasteiger partial charge in [-0.2, -0.15) is 0 Å². The van der Waals surface area contributed by atoms with Crippen LogP contribution in [0.2, 0.25) is 0 Å². The van der Waals surface area contributed by atoms with E-state index in [4.69, 9.17) is 0 Å². The summed E-state index contributed by atoms with van der Waals surface area (Å²) in [6, 6.07) is 0. The zero-order valence-electron chi connectivity index (χ0n) is 9.18. The average Bonchev–Trinajstić information content (AvgIpc) is 2.13. The summed E-state index contributed by atoms with van der Waals surface area (Å²) in [4.78, 5) is 11.2. The number of carbonyl (C=O) groups excluding carboxylic acids is 1. The summed E-state index contributed by atoms with van der Waals surface area (Å²) in [5.74, 6) is 0.656. The van der Waals surface area contributed by atoms with Crippen molar-refractivity contribution < 1.29 is 4.79 Å². The molecule has 0 bridgehead atoms. The van der Waals surface area contributed by atoms with Crippen LogP contribution < -0.4 is 0 Å². The van der Waals surface area contributed by atoms with E-state index in [1.165, 1.54) is 0 Å². The zero-order valence-corrected chi connectivity index (χ0v) is 9.18. The van der Waals surface area contributed by atoms with Gasteiger partial charge in [0.2, 0.25) is 0 Å². The Morgan fingerprint density at radius 3 is 2.31 bits per heavy atom. The van der Waals surface area contributed by atoms with Crippen LogP contribution in [0.15, 0.2) is 23.8 Å². The van der Waals surface area contributed by atoms with Gasteiger partial charge in [-0.3, -0.25) is 4.79 Å². The molecule has 0 amide bonds. The minimum Gasteiger partial charge on any atom is -0.294 e. The van der Waals surface area contributed by atoms with Crippen LogP contribution in [0.3, 0.4) is 0 Å². The van der Waals surface area contributed by atoms with E-state index >= 15 is 0 Å². The number of Topliss-reactive ketones (excluding diaryl/α,β-unsaturated/α-hetero) is 1. The lowest BCUT2D eigenvalue weighted by atomic mass is 9.87. The zero-order chi connectivity index (χ0) is 10.4. The van der Waals surface area contributed by atoms with Crippen LogP contribution in [0, 0.1) is 5.92 Å². The summed E-state index contributed by atoms with van der Waals surface area (Å²) < 4.78 is 0. The summed E-state index contributed by atoms with van der Waals surface area (Å²) in [5.41, 5.74) is 1.87. The lowest BCUT2D eigenvalue weighted by Crippen LogP contribution is -2.11. The fourth-order valence-electron chi connectivity index (χ4n) is 1.38. The van der Waals surface area contributed by atoms with Gasteiger partial charge in [-0.1, -0.05) is 40.3 Å². The highest BCUT2D eigenvalue weighted by atomic mass is 16.1. The Morgan fingerprint density at radius 2 is 1.92 bits per heavy atom. The quantitative estimate of drug-likeness (QED) is 0.564. The molecule has 1 nitrogen and oxygen atoms in total. The molecule has 0 atom stereocenters. The third-order valence-corrected chi connectivity index (χ3v) is 2.04. The summed E-state index contributed by atoms with van der Waals surface area (Å²) >= 11 is 0. The topological polar surface area (TPSA) is 17.1 Å². The van der Waals surface area contributed by atoms with E-state index in [0.29, 0.717) is 12.3 Å². The van der Waals surface area contributed by atoms with E-state index < -0.39 is 0 Å². The normalized spacial score (nSPS) is 16.5. The number of carbonyl (C=O) groups is 1. The Hall–Kier alpha value is -0.850. The van der Waals surface area contributed by atoms with Gasteiger partial charge in [-0.25, -0.2) is 0 Å². The first-order valence-electron chi connectivity index (χ1n) is 5.05. The molecule has 0 saturated heterocycles. The molecule has 0 aromatic heterocycles. The Bertz CT molecular complexity index is 221. The van der Waals surface area contributed by atoms with E-state index in [1.54, 1.807) is 0 Å². The molecule has 0 heterocycles. The molecule has 1 rings (SSSR count). The first-order valence-corrected chi connectivity index (χ1v) is 5.05. The second-order valence-corrected chi connectivity index (χ2v) is 3.25. The summed E-state index contributed by atoms with van der Waals surface area (Å²) in [5, 5.41) is 0. The maximum atomic E-state index is 11.2. The predicted molar refractivity (Wildman–Crippen MR) is 57.7 cm³/mol. The van der Waals surface area contributed by atoms with Crippen LogP contribution in [0.25, 0.3) is 0 Å². The largest absolute Gasteiger partial charge is 0.294 e. The fraction of sp³-hybridized carbons (Fsp3) is 0.583. The number of ketones is 1. The number of hydrogen-bond donors (Lipinski definition) is 0. The molecule has 0 N–H and O–H groups in total. The third-order valence-electron chi connectivity index (χ3n) is 2.04. The molecule has 0 spiro atoms. The van der Waals surface area contributed by atoms with Gasteiger partial charge < -0.3 is 0 Å². The summed E-state index contributed by atoms with van der Waals surface area (Å²) in [7, 11) is 0. The van der Waals surface area contributed by atoms with E-state index in [2.05, 4.69) is 26.5 Å². The van der Waals surface area contributed by atoms with Crippen molar-refractivity contribution in [3.05, 3.63) is 23.8 Å². The van der Waals surface area contributed by atoms with Gasteiger partial charge in [-0.05, 0) is 17.9 Å². The van der Waals surface area contributed by atoms with Crippen LogP contribution in [0.5, 0.6) is 0 Å². The fourth-order valence-corrected chi connectivity index (χ4v) is 1.38. The van der Waals surface area contributed by atoms with Crippen molar-refractivity contribution in [3.8, 4) is 0 Å². The molecule has 0 aromatic carbocycles. The van der Waals surface area contributed by atoms with Crippen molar-refractivity contribution in [3.63, 3.8) is 0 Å². The lowest BCUT2D eigenvalue weighted by molar-refractivity contribution is -0.115. The third kappa shape index (κ3) is 3.17. The molecule has 1 aliphatic rings. The van der Waals surface area contributed by atoms with Gasteiger partial charge in [0.1, 0.15) is 0 Å². The van der Waals surface area contributed by atoms with Gasteiger partial charge in [0.05, 0.1) is 0 Å². The van der Waals surface area contributed by atoms with Crippen LogP contribution in [-0.2, 0) is 4.79 Å². The van der Waals surface area contributed by atoms with Crippen molar-refractivity contribution in [1.29, 1.82) is 0 Å². The van der Waals surface area contributed by atoms with Crippen LogP contribution in [-0.4, -0.2) is 5.78 Å². The number of rotatable bonds is 1. The monoisotopic (exact) mass is 180 g/mol. The molecule has 0 aliphatic heterocycles. The molecule has 1 aliphatic carbocycles. The Balaban J connectivity index is 0.000000671. The van der Waals surface area contributed by atoms with Crippen molar-refractivity contribution in [2.24, 2.45) is 5.92 Å². The van der Waals surface area contributed by atoms with E-state index in [-0.39, 0.29) is 5.78 Å². The van der Waals surface area contributed by atoms with Crippen molar-refractivity contribution in [1.82, 2.24) is 0 Å². The standard InChI is InChI=1S/C10H14O.C2H6/c1-7(2)9-5-4-6-10(11)8(9)3;1-2/h5,7H,3-4,6H2,1-2H3;1-2H3. The molecular formula is C12H20O. The minimum atomic E-state index is 0.219. The first-order chi connectivity index (χ1) is 6.13. The van der Waals surface area contributed by atoms with Gasteiger partial charge in [0.25, 0.3) is 0 Å². The van der Waals surface area contributed by atoms with E-state index in [1.807, 2.05) is 13.8 Å². The molecular weight excluding hydrogens is 160 g/mol. The predicted octanol–water partition coefficient (Wildman–Crippen LogP) is 3.51. The maximum absolute atomic E-state index is 11.2. The Kier molecular flexibility index (Phi) is 5.36. The van der Waals surface area contributed by atoms with Crippen molar-refractivity contribution in [2.45, 2.75) is 40.5 Å². The maximum Gasteiger partial charge on any atom is 0.162 e. The van der Waals surface area contributed by atoms with Crippen LogP contribution in [0.1, 0.15) is 40.5 Å². The van der Waals surface area contributed by atoms with Crippen LogP contribution >= 0.6 is 0 Å². The molecule has 0 aromatic rings. The number of allylic oxidation sites excluding steroid dienone is 3. The number of hydrogen-bond acceptors (Lipinski definition) is 1. The highest BCUT2D eigenvalue weighted by molar-refractivity contribution is 6.00. The smallest absolute Gasteiger partial charge is 0.162 e. The average molecular weight is 180 g/mol. The molecule has 0 saturated carbocycles. The van der Waals surface area contributed by atoms with E-state index in [0.717, 1.165) is 17.6 Å². The molecule has 0 fully saturated rings. The van der Waals surface area contributed by atoms with E-state index in [9.17, 15) is 4.79 Å². The second kappa shape index (κ2) is 5.74. The SMILES string of the molecule is C=C1C(=O)CCC=C1C(C)C.CC. The van der Waals surface area contributed by atoms with Gasteiger partial charge in [0.15, 0.2) is 5.78 Å². The Morgan fingerprint density at radius 1 is 1.38 bits per heavy atom. The van der Waals surface area contributed by atoms with Gasteiger partial charge in [-0.15, -0.1) is 0 Å². The van der Waals surface area contributed by atoms with Gasteiger partial charge >= 0.3 is 0 Å².